The first-order valence-electron chi connectivity index (χ1n) is 3.59. The fraction of sp³-hybridized carbons (Fsp3) is 0.250. The molecule has 62 valence electrons. The molecule has 0 aromatic carbocycles. The Morgan fingerprint density at radius 3 is 3.08 bits per heavy atom. The van der Waals surface area contributed by atoms with E-state index in [2.05, 4.69) is 4.98 Å². The van der Waals surface area contributed by atoms with Crippen LogP contribution in [0.5, 0.6) is 0 Å². The number of nitrogens with zero attached hydrogens (tertiary/aromatic N) is 2. The third-order valence-corrected chi connectivity index (χ3v) is 1.94. The second-order valence-corrected chi connectivity index (χ2v) is 2.78. The highest BCUT2D eigenvalue weighted by Gasteiger charge is 2.27. The normalized spacial score (nSPS) is 15.2. The standard InChI is InChI=1S/C8H7FN2O/c1-11-4-5-6(9)2-3-10-7(5)8(11)12/h2-3H,4H2,1H3. The number of carbonyl (C=O) groups is 1. The average molecular weight is 166 g/mol. The molecule has 0 saturated carbocycles. The van der Waals surface area contributed by atoms with Crippen LogP contribution in [0.4, 0.5) is 4.39 Å². The van der Waals surface area contributed by atoms with E-state index in [-0.39, 0.29) is 17.4 Å². The summed E-state index contributed by atoms with van der Waals surface area (Å²) in [7, 11) is 1.63. The minimum absolute atomic E-state index is 0.204. The van der Waals surface area contributed by atoms with Crippen LogP contribution in [0, 0.1) is 5.82 Å². The van der Waals surface area contributed by atoms with Crippen molar-refractivity contribution in [2.45, 2.75) is 6.54 Å². The molecule has 0 aliphatic carbocycles. The summed E-state index contributed by atoms with van der Waals surface area (Å²) in [6.07, 6.45) is 1.31. The molecule has 0 spiro atoms. The van der Waals surface area contributed by atoms with Gasteiger partial charge >= 0.3 is 0 Å². The second-order valence-electron chi connectivity index (χ2n) is 2.78. The maximum Gasteiger partial charge on any atom is 0.272 e. The highest BCUT2D eigenvalue weighted by Crippen LogP contribution is 2.21. The van der Waals surface area contributed by atoms with Gasteiger partial charge in [-0.15, -0.1) is 0 Å². The third-order valence-electron chi connectivity index (χ3n) is 1.94. The predicted molar refractivity (Wildman–Crippen MR) is 40.0 cm³/mol. The summed E-state index contributed by atoms with van der Waals surface area (Å²) in [5.74, 6) is -0.554. The van der Waals surface area contributed by atoms with Crippen LogP contribution in [0.3, 0.4) is 0 Å². The molecule has 1 aromatic rings. The number of pyridine rings is 1. The SMILES string of the molecule is CN1Cc2c(F)ccnc2C1=O. The Hall–Kier alpha value is -1.45. The zero-order valence-corrected chi connectivity index (χ0v) is 6.54. The van der Waals surface area contributed by atoms with E-state index in [1.54, 1.807) is 7.05 Å². The molecule has 1 aliphatic heterocycles. The van der Waals surface area contributed by atoms with E-state index in [0.717, 1.165) is 0 Å². The fourth-order valence-corrected chi connectivity index (χ4v) is 1.29. The average Bonchev–Trinajstić information content (AvgIpc) is 2.32. The van der Waals surface area contributed by atoms with Gasteiger partial charge < -0.3 is 4.90 Å². The van der Waals surface area contributed by atoms with Gasteiger partial charge in [-0.25, -0.2) is 4.39 Å². The Bertz CT molecular complexity index is 351. The van der Waals surface area contributed by atoms with Crippen LogP contribution < -0.4 is 0 Å². The first kappa shape index (κ1) is 7.21. The largest absolute Gasteiger partial charge is 0.336 e. The number of hydrogen-bond acceptors (Lipinski definition) is 2. The van der Waals surface area contributed by atoms with E-state index < -0.39 is 0 Å². The molecule has 0 saturated heterocycles. The van der Waals surface area contributed by atoms with E-state index in [9.17, 15) is 9.18 Å². The van der Waals surface area contributed by atoms with Crippen LogP contribution in [0.15, 0.2) is 12.3 Å². The molecule has 1 aromatic heterocycles. The second kappa shape index (κ2) is 2.27. The quantitative estimate of drug-likeness (QED) is 0.571. The van der Waals surface area contributed by atoms with Gasteiger partial charge in [0.05, 0.1) is 6.54 Å². The van der Waals surface area contributed by atoms with Gasteiger partial charge in [-0.05, 0) is 6.07 Å². The van der Waals surface area contributed by atoms with E-state index in [1.807, 2.05) is 0 Å². The van der Waals surface area contributed by atoms with Crippen LogP contribution in [-0.4, -0.2) is 22.8 Å². The summed E-state index contributed by atoms with van der Waals surface area (Å²) in [5, 5.41) is 0. The molecule has 0 radical (unpaired) electrons. The number of amides is 1. The predicted octanol–water partition coefficient (Wildman–Crippen LogP) is 0.806. The molecule has 0 N–H and O–H groups in total. The first-order chi connectivity index (χ1) is 5.70. The van der Waals surface area contributed by atoms with E-state index >= 15 is 0 Å². The molecule has 12 heavy (non-hydrogen) atoms. The molecule has 1 amide bonds. The lowest BCUT2D eigenvalue weighted by Gasteiger charge is -2.03. The van der Waals surface area contributed by atoms with Crippen LogP contribution in [0.25, 0.3) is 0 Å². The fourth-order valence-electron chi connectivity index (χ4n) is 1.29. The lowest BCUT2D eigenvalue weighted by molar-refractivity contribution is 0.0812. The Labute approximate surface area is 68.8 Å². The number of halogens is 1. The van der Waals surface area contributed by atoms with Gasteiger partial charge in [0.2, 0.25) is 0 Å². The van der Waals surface area contributed by atoms with Crippen molar-refractivity contribution in [3.05, 3.63) is 29.3 Å². The summed E-state index contributed by atoms with van der Waals surface area (Å²) >= 11 is 0. The molecule has 0 bridgehead atoms. The van der Waals surface area contributed by atoms with Crippen LogP contribution in [0.2, 0.25) is 0 Å². The molecule has 0 unspecified atom stereocenters. The van der Waals surface area contributed by atoms with Crippen LogP contribution >= 0.6 is 0 Å². The van der Waals surface area contributed by atoms with Gasteiger partial charge in [0.15, 0.2) is 0 Å². The van der Waals surface area contributed by atoms with Crippen molar-refractivity contribution in [1.29, 1.82) is 0 Å². The van der Waals surface area contributed by atoms with Crippen molar-refractivity contribution in [1.82, 2.24) is 9.88 Å². The minimum atomic E-state index is -0.349. The van der Waals surface area contributed by atoms with Crippen molar-refractivity contribution in [2.75, 3.05) is 7.05 Å². The Morgan fingerprint density at radius 1 is 1.67 bits per heavy atom. The summed E-state index contributed by atoms with van der Waals surface area (Å²) in [5.41, 5.74) is 0.655. The van der Waals surface area contributed by atoms with Crippen molar-refractivity contribution < 1.29 is 9.18 Å². The molecular formula is C8H7FN2O. The lowest BCUT2D eigenvalue weighted by atomic mass is 10.2. The van der Waals surface area contributed by atoms with Crippen LogP contribution in [0.1, 0.15) is 16.1 Å². The number of hydrogen-bond donors (Lipinski definition) is 0. The highest BCUT2D eigenvalue weighted by atomic mass is 19.1. The van der Waals surface area contributed by atoms with Crippen LogP contribution in [-0.2, 0) is 6.54 Å². The lowest BCUT2D eigenvalue weighted by Crippen LogP contribution is -2.18. The Morgan fingerprint density at radius 2 is 2.42 bits per heavy atom. The van der Waals surface area contributed by atoms with Crippen molar-refractivity contribution in [3.8, 4) is 0 Å². The molecule has 0 fully saturated rings. The van der Waals surface area contributed by atoms with E-state index in [0.29, 0.717) is 12.1 Å². The molecule has 2 rings (SSSR count). The number of aromatic nitrogens is 1. The number of rotatable bonds is 0. The molecule has 1 aliphatic rings. The molecule has 3 nitrogen and oxygen atoms in total. The number of carbonyl (C=O) groups excluding carboxylic acids is 1. The van der Waals surface area contributed by atoms with E-state index in [4.69, 9.17) is 0 Å². The van der Waals surface area contributed by atoms with E-state index in [1.165, 1.54) is 17.2 Å². The van der Waals surface area contributed by atoms with Crippen molar-refractivity contribution >= 4 is 5.91 Å². The minimum Gasteiger partial charge on any atom is -0.336 e. The zero-order chi connectivity index (χ0) is 8.72. The third kappa shape index (κ3) is 0.809. The Balaban J connectivity index is 2.61. The highest BCUT2D eigenvalue weighted by molar-refractivity contribution is 5.96. The summed E-state index contributed by atoms with van der Waals surface area (Å²) in [6, 6.07) is 1.27. The topological polar surface area (TPSA) is 33.2 Å². The zero-order valence-electron chi connectivity index (χ0n) is 6.54. The molecular weight excluding hydrogens is 159 g/mol. The Kier molecular flexibility index (Phi) is 1.36. The molecule has 0 atom stereocenters. The number of fused-ring (bicyclic) bond motifs is 1. The summed E-state index contributed by atoms with van der Waals surface area (Å²) in [4.78, 5) is 16.5. The van der Waals surface area contributed by atoms with Gasteiger partial charge in [0.1, 0.15) is 11.5 Å². The van der Waals surface area contributed by atoms with Gasteiger partial charge in [-0.3, -0.25) is 9.78 Å². The van der Waals surface area contributed by atoms with Gasteiger partial charge in [0, 0.05) is 18.8 Å². The van der Waals surface area contributed by atoms with Gasteiger partial charge in [-0.2, -0.15) is 0 Å². The maximum atomic E-state index is 13.0. The molecule has 4 heteroatoms. The summed E-state index contributed by atoms with van der Waals surface area (Å²) in [6.45, 7) is 0.327. The molecule has 2 heterocycles. The van der Waals surface area contributed by atoms with Gasteiger partial charge in [-0.1, -0.05) is 0 Å². The maximum absolute atomic E-state index is 13.0. The monoisotopic (exact) mass is 166 g/mol. The van der Waals surface area contributed by atoms with Crippen molar-refractivity contribution in [3.63, 3.8) is 0 Å². The van der Waals surface area contributed by atoms with Crippen molar-refractivity contribution in [2.24, 2.45) is 0 Å². The summed E-state index contributed by atoms with van der Waals surface area (Å²) < 4.78 is 13.0. The van der Waals surface area contributed by atoms with Gasteiger partial charge in [0.25, 0.3) is 5.91 Å². The smallest absolute Gasteiger partial charge is 0.272 e. The first-order valence-corrected chi connectivity index (χ1v) is 3.59.